The summed E-state index contributed by atoms with van der Waals surface area (Å²) in [6.45, 7) is 1.64. The lowest BCUT2D eigenvalue weighted by molar-refractivity contribution is 0.185. The fourth-order valence-electron chi connectivity index (χ4n) is 2.79. The molecule has 2 aromatic rings. The molecule has 0 radical (unpaired) electrons. The minimum Gasteiger partial charge on any atom is -0.490 e. The van der Waals surface area contributed by atoms with Gasteiger partial charge >= 0.3 is 0 Å². The van der Waals surface area contributed by atoms with E-state index >= 15 is 0 Å². The molecule has 1 aromatic heterocycles. The number of hydrogen-bond acceptors (Lipinski definition) is 5. The van der Waals surface area contributed by atoms with E-state index in [-0.39, 0.29) is 0 Å². The quantitative estimate of drug-likeness (QED) is 0.796. The van der Waals surface area contributed by atoms with Crippen molar-refractivity contribution in [3.8, 4) is 17.1 Å². The largest absolute Gasteiger partial charge is 0.490 e. The molecule has 1 fully saturated rings. The number of sulfonamides is 1. The molecule has 8 heteroatoms. The fourth-order valence-corrected chi connectivity index (χ4v) is 3.85. The zero-order valence-corrected chi connectivity index (χ0v) is 15.5. The summed E-state index contributed by atoms with van der Waals surface area (Å²) in [6, 6.07) is 7.37. The highest BCUT2D eigenvalue weighted by Gasteiger charge is 2.25. The smallest absolute Gasteiger partial charge is 0.211 e. The maximum Gasteiger partial charge on any atom is 0.211 e. The van der Waals surface area contributed by atoms with Crippen LogP contribution in [0, 0.1) is 5.92 Å². The monoisotopic (exact) mass is 381 g/mol. The zero-order chi connectivity index (χ0) is 17.9. The third kappa shape index (κ3) is 4.90. The lowest BCUT2D eigenvalue weighted by atomic mass is 9.99. The molecule has 25 heavy (non-hydrogen) atoms. The normalized spacial score (nSPS) is 16.7. The van der Waals surface area contributed by atoms with E-state index in [4.69, 9.17) is 16.3 Å². The first kappa shape index (κ1) is 18.1. The number of halogens is 1. The van der Waals surface area contributed by atoms with Crippen LogP contribution in [0.5, 0.6) is 5.75 Å². The highest BCUT2D eigenvalue weighted by atomic mass is 35.5. The second kappa shape index (κ2) is 7.68. The predicted octanol–water partition coefficient (Wildman–Crippen LogP) is 2.85. The number of aromatic nitrogens is 2. The zero-order valence-electron chi connectivity index (χ0n) is 13.9. The summed E-state index contributed by atoms with van der Waals surface area (Å²) in [4.78, 5) is 8.63. The summed E-state index contributed by atoms with van der Waals surface area (Å²) in [6.07, 6.45) is 6.15. The van der Waals surface area contributed by atoms with Crippen LogP contribution in [0.25, 0.3) is 11.4 Å². The van der Waals surface area contributed by atoms with Crippen LogP contribution >= 0.6 is 11.6 Å². The van der Waals surface area contributed by atoms with Crippen molar-refractivity contribution in [2.75, 3.05) is 26.0 Å². The van der Waals surface area contributed by atoms with Crippen molar-refractivity contribution < 1.29 is 13.2 Å². The molecule has 2 heterocycles. The number of nitrogens with zero attached hydrogens (tertiary/aromatic N) is 3. The van der Waals surface area contributed by atoms with Crippen LogP contribution < -0.4 is 4.74 Å². The molecular weight excluding hydrogens is 362 g/mol. The molecular formula is C17H20ClN3O3S. The van der Waals surface area contributed by atoms with Crippen molar-refractivity contribution in [1.29, 1.82) is 0 Å². The fraction of sp³-hybridized carbons (Fsp3) is 0.412. The molecule has 3 rings (SSSR count). The molecule has 0 saturated carbocycles. The Balaban J connectivity index is 1.53. The molecule has 0 atom stereocenters. The van der Waals surface area contributed by atoms with E-state index in [1.165, 1.54) is 10.6 Å². The lowest BCUT2D eigenvalue weighted by Gasteiger charge is -2.29. The van der Waals surface area contributed by atoms with Gasteiger partial charge in [-0.15, -0.1) is 0 Å². The minimum absolute atomic E-state index is 0.339. The Morgan fingerprint density at radius 1 is 1.24 bits per heavy atom. The first-order valence-corrected chi connectivity index (χ1v) is 10.3. The van der Waals surface area contributed by atoms with E-state index < -0.39 is 10.0 Å². The van der Waals surface area contributed by atoms with E-state index in [1.807, 2.05) is 18.2 Å². The van der Waals surface area contributed by atoms with Gasteiger partial charge in [-0.1, -0.05) is 23.7 Å². The third-order valence-electron chi connectivity index (χ3n) is 4.24. The maximum absolute atomic E-state index is 11.5. The molecule has 1 aromatic carbocycles. The molecule has 0 amide bonds. The maximum atomic E-state index is 11.5. The first-order valence-electron chi connectivity index (χ1n) is 8.08. The molecule has 6 nitrogen and oxygen atoms in total. The highest BCUT2D eigenvalue weighted by Crippen LogP contribution is 2.22. The van der Waals surface area contributed by atoms with Gasteiger partial charge in [0, 0.05) is 23.7 Å². The highest BCUT2D eigenvalue weighted by molar-refractivity contribution is 7.88. The van der Waals surface area contributed by atoms with Gasteiger partial charge in [0.15, 0.2) is 11.6 Å². The lowest BCUT2D eigenvalue weighted by Crippen LogP contribution is -2.39. The van der Waals surface area contributed by atoms with Crippen molar-refractivity contribution in [3.05, 3.63) is 41.7 Å². The van der Waals surface area contributed by atoms with E-state index in [9.17, 15) is 8.42 Å². The number of hydrogen-bond donors (Lipinski definition) is 0. The summed E-state index contributed by atoms with van der Waals surface area (Å²) in [5, 5.41) is 0.641. The second-order valence-corrected chi connectivity index (χ2v) is 8.59. The molecule has 0 bridgehead atoms. The van der Waals surface area contributed by atoms with Gasteiger partial charge in [0.25, 0.3) is 0 Å². The summed E-state index contributed by atoms with van der Waals surface area (Å²) in [5.41, 5.74) is 0.854. The van der Waals surface area contributed by atoms with Gasteiger partial charge in [0.1, 0.15) is 0 Å². The summed E-state index contributed by atoms with van der Waals surface area (Å²) in [7, 11) is -3.09. The van der Waals surface area contributed by atoms with Crippen LogP contribution in [0.2, 0.25) is 5.02 Å². The molecule has 1 aliphatic rings. The Kier molecular flexibility index (Phi) is 5.56. The molecule has 1 saturated heterocycles. The van der Waals surface area contributed by atoms with Crippen LogP contribution in [-0.4, -0.2) is 48.6 Å². The third-order valence-corrected chi connectivity index (χ3v) is 5.78. The van der Waals surface area contributed by atoms with Crippen molar-refractivity contribution in [2.45, 2.75) is 12.8 Å². The van der Waals surface area contributed by atoms with Gasteiger partial charge in [0.05, 0.1) is 25.3 Å². The molecule has 0 aliphatic carbocycles. The summed E-state index contributed by atoms with van der Waals surface area (Å²) in [5.74, 6) is 1.54. The average molecular weight is 382 g/mol. The number of ether oxygens (including phenoxy) is 1. The van der Waals surface area contributed by atoms with Gasteiger partial charge in [-0.05, 0) is 30.9 Å². The van der Waals surface area contributed by atoms with E-state index in [0.29, 0.717) is 42.2 Å². The Bertz CT molecular complexity index is 819. The van der Waals surface area contributed by atoms with Crippen molar-refractivity contribution >= 4 is 21.6 Å². The van der Waals surface area contributed by atoms with Crippen LogP contribution in [-0.2, 0) is 10.0 Å². The van der Waals surface area contributed by atoms with Gasteiger partial charge in [-0.3, -0.25) is 0 Å². The van der Waals surface area contributed by atoms with Crippen LogP contribution in [0.1, 0.15) is 12.8 Å². The Hall–Kier alpha value is -1.70. The number of rotatable bonds is 5. The molecule has 1 aliphatic heterocycles. The number of piperidine rings is 1. The van der Waals surface area contributed by atoms with E-state index in [0.717, 1.165) is 18.4 Å². The van der Waals surface area contributed by atoms with Crippen molar-refractivity contribution in [3.63, 3.8) is 0 Å². The van der Waals surface area contributed by atoms with Crippen LogP contribution in [0.15, 0.2) is 36.7 Å². The number of benzene rings is 1. The molecule has 134 valence electrons. The Labute approximate surface area is 152 Å². The predicted molar refractivity (Wildman–Crippen MR) is 97.1 cm³/mol. The van der Waals surface area contributed by atoms with Gasteiger partial charge in [0.2, 0.25) is 10.0 Å². The molecule has 0 spiro atoms. The Morgan fingerprint density at radius 3 is 2.52 bits per heavy atom. The average Bonchev–Trinajstić information content (AvgIpc) is 2.60. The summed E-state index contributed by atoms with van der Waals surface area (Å²) < 4.78 is 30.3. The van der Waals surface area contributed by atoms with E-state index in [2.05, 4.69) is 9.97 Å². The molecule has 0 unspecified atom stereocenters. The van der Waals surface area contributed by atoms with Crippen LogP contribution in [0.4, 0.5) is 0 Å². The first-order chi connectivity index (χ1) is 11.9. The van der Waals surface area contributed by atoms with Gasteiger partial charge < -0.3 is 4.74 Å². The topological polar surface area (TPSA) is 72.4 Å². The van der Waals surface area contributed by atoms with Gasteiger partial charge in [-0.25, -0.2) is 22.7 Å². The van der Waals surface area contributed by atoms with E-state index in [1.54, 1.807) is 18.5 Å². The SMILES string of the molecule is CS(=O)(=O)N1CCC(COc2cnc(-c3cccc(Cl)c3)nc2)CC1. The molecule has 0 N–H and O–H groups in total. The van der Waals surface area contributed by atoms with Crippen molar-refractivity contribution in [2.24, 2.45) is 5.92 Å². The standard InChI is InChI=1S/C17H20ClN3O3S/c1-25(22,23)21-7-5-13(6-8-21)12-24-16-10-19-17(20-11-16)14-3-2-4-15(18)9-14/h2-4,9-11,13H,5-8,12H2,1H3. The van der Waals surface area contributed by atoms with Crippen LogP contribution in [0.3, 0.4) is 0 Å². The Morgan fingerprint density at radius 2 is 1.92 bits per heavy atom. The second-order valence-electron chi connectivity index (χ2n) is 6.17. The van der Waals surface area contributed by atoms with Crippen molar-refractivity contribution in [1.82, 2.24) is 14.3 Å². The minimum atomic E-state index is -3.09. The van der Waals surface area contributed by atoms with Gasteiger partial charge in [-0.2, -0.15) is 0 Å². The summed E-state index contributed by atoms with van der Waals surface area (Å²) >= 11 is 5.98.